The van der Waals surface area contributed by atoms with Crippen LogP contribution in [0, 0.1) is 11.3 Å². The number of hydrogen-bond donors (Lipinski definition) is 1. The molecule has 2 nitrogen and oxygen atoms in total. The maximum absolute atomic E-state index is 6.24. The molecule has 2 N–H and O–H groups in total. The second-order valence-corrected chi connectivity index (χ2v) is 7.41. The summed E-state index contributed by atoms with van der Waals surface area (Å²) in [5.74, 6) is 0.746. The van der Waals surface area contributed by atoms with Crippen molar-refractivity contribution in [2.75, 3.05) is 19.6 Å². The van der Waals surface area contributed by atoms with Gasteiger partial charge in [0.25, 0.3) is 0 Å². The van der Waals surface area contributed by atoms with Crippen LogP contribution in [0.2, 0.25) is 0 Å². The van der Waals surface area contributed by atoms with E-state index in [1.54, 1.807) is 0 Å². The molecule has 0 saturated heterocycles. The second kappa shape index (κ2) is 9.04. The quantitative estimate of drug-likeness (QED) is 0.667. The zero-order valence-electron chi connectivity index (χ0n) is 14.5. The molecule has 0 unspecified atom stereocenters. The van der Waals surface area contributed by atoms with Crippen molar-refractivity contribution in [1.82, 2.24) is 4.90 Å². The smallest absolute Gasteiger partial charge is 0.00903 e. The van der Waals surface area contributed by atoms with E-state index >= 15 is 0 Å². The van der Waals surface area contributed by atoms with Crippen LogP contribution in [0.1, 0.15) is 79.1 Å². The molecule has 2 heteroatoms. The Hall–Kier alpha value is -0.0800. The number of rotatable bonds is 8. The minimum Gasteiger partial charge on any atom is -0.330 e. The fraction of sp³-hybridized carbons (Fsp3) is 1.00. The molecule has 0 bridgehead atoms. The first-order valence-corrected chi connectivity index (χ1v) is 9.01. The summed E-state index contributed by atoms with van der Waals surface area (Å²) in [7, 11) is 0. The molecule has 0 aromatic carbocycles. The van der Waals surface area contributed by atoms with E-state index in [9.17, 15) is 0 Å². The predicted molar refractivity (Wildman–Crippen MR) is 90.0 cm³/mol. The van der Waals surface area contributed by atoms with Crippen LogP contribution in [0.25, 0.3) is 0 Å². The SMILES string of the molecule is CCC(CC)N(CC(C)C)CC1(CN)CCCCCC1. The van der Waals surface area contributed by atoms with Crippen molar-refractivity contribution in [2.45, 2.75) is 85.1 Å². The molecular weight excluding hydrogens is 244 g/mol. The highest BCUT2D eigenvalue weighted by molar-refractivity contribution is 4.87. The van der Waals surface area contributed by atoms with Crippen molar-refractivity contribution in [2.24, 2.45) is 17.1 Å². The third-order valence-electron chi connectivity index (χ3n) is 5.19. The highest BCUT2D eigenvalue weighted by atomic mass is 15.2. The molecule has 0 amide bonds. The Balaban J connectivity index is 2.77. The Morgan fingerprint density at radius 2 is 1.55 bits per heavy atom. The molecule has 1 rings (SSSR count). The Morgan fingerprint density at radius 1 is 1.00 bits per heavy atom. The number of nitrogens with zero attached hydrogens (tertiary/aromatic N) is 1. The normalized spacial score (nSPS) is 19.8. The van der Waals surface area contributed by atoms with Crippen LogP contribution in [0.4, 0.5) is 0 Å². The molecule has 0 aromatic heterocycles. The van der Waals surface area contributed by atoms with Crippen LogP contribution in [0.3, 0.4) is 0 Å². The lowest BCUT2D eigenvalue weighted by Crippen LogP contribution is -2.47. The van der Waals surface area contributed by atoms with Crippen molar-refractivity contribution in [3.8, 4) is 0 Å². The summed E-state index contributed by atoms with van der Waals surface area (Å²) < 4.78 is 0. The molecule has 0 aliphatic heterocycles. The molecule has 1 saturated carbocycles. The van der Waals surface area contributed by atoms with Crippen LogP contribution in [0.5, 0.6) is 0 Å². The molecule has 120 valence electrons. The van der Waals surface area contributed by atoms with Crippen molar-refractivity contribution >= 4 is 0 Å². The molecule has 0 heterocycles. The minimum atomic E-state index is 0.397. The zero-order chi connectivity index (χ0) is 15.0. The average Bonchev–Trinajstić information content (AvgIpc) is 2.65. The van der Waals surface area contributed by atoms with Gasteiger partial charge in [-0.25, -0.2) is 0 Å². The van der Waals surface area contributed by atoms with Gasteiger partial charge < -0.3 is 5.73 Å². The third-order valence-corrected chi connectivity index (χ3v) is 5.19. The molecule has 1 fully saturated rings. The lowest BCUT2D eigenvalue weighted by Gasteiger charge is -2.41. The van der Waals surface area contributed by atoms with Gasteiger partial charge in [-0.05, 0) is 43.6 Å². The lowest BCUT2D eigenvalue weighted by molar-refractivity contribution is 0.0836. The molecule has 0 aromatic rings. The summed E-state index contributed by atoms with van der Waals surface area (Å²) in [6.07, 6.45) is 10.8. The van der Waals surface area contributed by atoms with Gasteiger partial charge in [0.2, 0.25) is 0 Å². The minimum absolute atomic E-state index is 0.397. The van der Waals surface area contributed by atoms with Crippen LogP contribution < -0.4 is 5.73 Å². The van der Waals surface area contributed by atoms with E-state index in [2.05, 4.69) is 32.6 Å². The van der Waals surface area contributed by atoms with Crippen LogP contribution in [-0.2, 0) is 0 Å². The van der Waals surface area contributed by atoms with E-state index in [1.165, 1.54) is 64.5 Å². The van der Waals surface area contributed by atoms with E-state index in [-0.39, 0.29) is 0 Å². The van der Waals surface area contributed by atoms with Crippen LogP contribution in [-0.4, -0.2) is 30.6 Å². The van der Waals surface area contributed by atoms with Crippen molar-refractivity contribution in [3.63, 3.8) is 0 Å². The molecule has 1 aliphatic carbocycles. The number of nitrogens with two attached hydrogens (primary N) is 1. The van der Waals surface area contributed by atoms with Gasteiger partial charge in [0.1, 0.15) is 0 Å². The third kappa shape index (κ3) is 5.37. The Bertz CT molecular complexity index is 238. The predicted octanol–water partition coefficient (Wildman–Crippen LogP) is 4.43. The first-order chi connectivity index (χ1) is 9.56. The van der Waals surface area contributed by atoms with E-state index < -0.39 is 0 Å². The molecule has 0 atom stereocenters. The second-order valence-electron chi connectivity index (χ2n) is 7.41. The van der Waals surface area contributed by atoms with E-state index in [1.807, 2.05) is 0 Å². The van der Waals surface area contributed by atoms with Crippen molar-refractivity contribution in [3.05, 3.63) is 0 Å². The molecule has 1 aliphatic rings. The van der Waals surface area contributed by atoms with E-state index in [4.69, 9.17) is 5.73 Å². The van der Waals surface area contributed by atoms with Crippen molar-refractivity contribution in [1.29, 1.82) is 0 Å². The lowest BCUT2D eigenvalue weighted by atomic mass is 9.79. The maximum Gasteiger partial charge on any atom is 0.00903 e. The topological polar surface area (TPSA) is 29.3 Å². The summed E-state index contributed by atoms with van der Waals surface area (Å²) in [5.41, 5.74) is 6.64. The summed E-state index contributed by atoms with van der Waals surface area (Å²) >= 11 is 0. The molecular formula is C18H38N2. The van der Waals surface area contributed by atoms with Crippen LogP contribution >= 0.6 is 0 Å². The largest absolute Gasteiger partial charge is 0.330 e. The zero-order valence-corrected chi connectivity index (χ0v) is 14.5. The fourth-order valence-electron chi connectivity index (χ4n) is 3.95. The fourth-order valence-corrected chi connectivity index (χ4v) is 3.95. The van der Waals surface area contributed by atoms with Gasteiger partial charge in [0.05, 0.1) is 0 Å². The van der Waals surface area contributed by atoms with Gasteiger partial charge in [0.15, 0.2) is 0 Å². The average molecular weight is 283 g/mol. The monoisotopic (exact) mass is 282 g/mol. The first kappa shape index (κ1) is 18.0. The van der Waals surface area contributed by atoms with E-state index in [0.717, 1.165) is 18.5 Å². The van der Waals surface area contributed by atoms with Gasteiger partial charge in [-0.1, -0.05) is 53.4 Å². The van der Waals surface area contributed by atoms with Crippen LogP contribution in [0.15, 0.2) is 0 Å². The van der Waals surface area contributed by atoms with Gasteiger partial charge in [-0.3, -0.25) is 4.90 Å². The number of hydrogen-bond acceptors (Lipinski definition) is 2. The van der Waals surface area contributed by atoms with Gasteiger partial charge in [-0.2, -0.15) is 0 Å². The Morgan fingerprint density at radius 3 is 1.95 bits per heavy atom. The summed E-state index contributed by atoms with van der Waals surface area (Å²) in [6, 6.07) is 0.740. The summed E-state index contributed by atoms with van der Waals surface area (Å²) in [6.45, 7) is 12.7. The molecule has 0 spiro atoms. The van der Waals surface area contributed by atoms with Gasteiger partial charge in [-0.15, -0.1) is 0 Å². The van der Waals surface area contributed by atoms with Gasteiger partial charge in [0, 0.05) is 19.1 Å². The maximum atomic E-state index is 6.24. The molecule has 20 heavy (non-hydrogen) atoms. The Labute approximate surface area is 127 Å². The highest BCUT2D eigenvalue weighted by Crippen LogP contribution is 2.36. The standard InChI is InChI=1S/C18H38N2/c1-5-17(6-2)20(13-16(3)4)15-18(14-19)11-9-7-8-10-12-18/h16-17H,5-15,19H2,1-4H3. The van der Waals surface area contributed by atoms with Crippen molar-refractivity contribution < 1.29 is 0 Å². The first-order valence-electron chi connectivity index (χ1n) is 9.01. The van der Waals surface area contributed by atoms with Gasteiger partial charge >= 0.3 is 0 Å². The molecule has 0 radical (unpaired) electrons. The summed E-state index contributed by atoms with van der Waals surface area (Å²) in [5, 5.41) is 0. The Kier molecular flexibility index (Phi) is 8.13. The van der Waals surface area contributed by atoms with E-state index in [0.29, 0.717) is 5.41 Å². The highest BCUT2D eigenvalue weighted by Gasteiger charge is 2.33. The summed E-state index contributed by atoms with van der Waals surface area (Å²) in [4.78, 5) is 2.77.